The van der Waals surface area contributed by atoms with Crippen molar-refractivity contribution in [1.29, 1.82) is 0 Å². The first-order valence-corrected chi connectivity index (χ1v) is 8.10. The predicted octanol–water partition coefficient (Wildman–Crippen LogP) is 3.74. The second kappa shape index (κ2) is 8.48. The average molecular weight is 346 g/mol. The summed E-state index contributed by atoms with van der Waals surface area (Å²) in [4.78, 5) is 11.9. The van der Waals surface area contributed by atoms with Gasteiger partial charge in [-0.05, 0) is 47.5 Å². The van der Waals surface area contributed by atoms with Gasteiger partial charge in [0.2, 0.25) is 0 Å². The molecular formula is C21H18N2O3. The lowest BCUT2D eigenvalue weighted by atomic mass is 10.2. The number of aromatic hydroxyl groups is 1. The molecule has 0 aromatic heterocycles. The van der Waals surface area contributed by atoms with Crippen molar-refractivity contribution in [2.75, 3.05) is 0 Å². The molecule has 0 atom stereocenters. The third-order valence-electron chi connectivity index (χ3n) is 3.62. The van der Waals surface area contributed by atoms with Crippen LogP contribution in [0.25, 0.3) is 0 Å². The summed E-state index contributed by atoms with van der Waals surface area (Å²) in [5.74, 6) is 0.484. The van der Waals surface area contributed by atoms with Crippen molar-refractivity contribution in [3.05, 3.63) is 95.6 Å². The number of hydrazone groups is 1. The fourth-order valence-electron chi connectivity index (χ4n) is 2.27. The number of hydrogen-bond acceptors (Lipinski definition) is 4. The van der Waals surface area contributed by atoms with Crippen LogP contribution < -0.4 is 10.2 Å². The van der Waals surface area contributed by atoms with Crippen molar-refractivity contribution in [1.82, 2.24) is 5.43 Å². The molecule has 0 spiro atoms. The standard InChI is InChI=1S/C21H18N2O3/c24-19-11-9-18(10-12-19)21(25)23-22-14-17-7-4-8-20(13-17)26-15-16-5-2-1-3-6-16/h1-14,24H,15H2,(H,23,25). The van der Waals surface area contributed by atoms with Crippen molar-refractivity contribution in [3.63, 3.8) is 0 Å². The number of nitrogens with one attached hydrogen (secondary N) is 1. The Balaban J connectivity index is 1.56. The highest BCUT2D eigenvalue weighted by Gasteiger charge is 2.03. The summed E-state index contributed by atoms with van der Waals surface area (Å²) in [5, 5.41) is 13.2. The zero-order chi connectivity index (χ0) is 18.2. The molecule has 130 valence electrons. The molecule has 0 radical (unpaired) electrons. The Morgan fingerprint density at radius 1 is 1.00 bits per heavy atom. The van der Waals surface area contributed by atoms with E-state index >= 15 is 0 Å². The molecule has 3 aromatic rings. The molecule has 0 saturated heterocycles. The van der Waals surface area contributed by atoms with Crippen LogP contribution in [0, 0.1) is 0 Å². The fourth-order valence-corrected chi connectivity index (χ4v) is 2.27. The van der Waals surface area contributed by atoms with Gasteiger partial charge in [0.15, 0.2) is 0 Å². The van der Waals surface area contributed by atoms with E-state index in [1.54, 1.807) is 6.21 Å². The van der Waals surface area contributed by atoms with Gasteiger partial charge in [-0.25, -0.2) is 5.43 Å². The number of ether oxygens (including phenoxy) is 1. The van der Waals surface area contributed by atoms with Crippen LogP contribution in [0.1, 0.15) is 21.5 Å². The van der Waals surface area contributed by atoms with Crippen LogP contribution in [0.15, 0.2) is 84.0 Å². The molecular weight excluding hydrogens is 328 g/mol. The van der Waals surface area contributed by atoms with Gasteiger partial charge in [0.05, 0.1) is 6.21 Å². The predicted molar refractivity (Wildman–Crippen MR) is 100 cm³/mol. The van der Waals surface area contributed by atoms with Gasteiger partial charge in [-0.1, -0.05) is 42.5 Å². The second-order valence-corrected chi connectivity index (χ2v) is 5.59. The molecule has 3 rings (SSSR count). The van der Waals surface area contributed by atoms with E-state index in [2.05, 4.69) is 10.5 Å². The molecule has 0 aliphatic heterocycles. The topological polar surface area (TPSA) is 70.9 Å². The van der Waals surface area contributed by atoms with E-state index in [-0.39, 0.29) is 11.7 Å². The Morgan fingerprint density at radius 2 is 1.77 bits per heavy atom. The van der Waals surface area contributed by atoms with Gasteiger partial charge in [-0.15, -0.1) is 0 Å². The Labute approximate surface area is 151 Å². The van der Waals surface area contributed by atoms with Crippen LogP contribution in [-0.4, -0.2) is 17.2 Å². The molecule has 0 heterocycles. The molecule has 2 N–H and O–H groups in total. The highest BCUT2D eigenvalue weighted by Crippen LogP contribution is 2.14. The summed E-state index contributed by atoms with van der Waals surface area (Å²) in [7, 11) is 0. The highest BCUT2D eigenvalue weighted by atomic mass is 16.5. The number of carbonyl (C=O) groups is 1. The van der Waals surface area contributed by atoms with E-state index in [0.717, 1.165) is 16.9 Å². The fraction of sp³-hybridized carbons (Fsp3) is 0.0476. The first-order chi connectivity index (χ1) is 12.7. The normalized spacial score (nSPS) is 10.6. The lowest BCUT2D eigenvalue weighted by Crippen LogP contribution is -2.17. The SMILES string of the molecule is O=C(NN=Cc1cccc(OCc2ccccc2)c1)c1ccc(O)cc1. The van der Waals surface area contributed by atoms with Gasteiger partial charge in [0.1, 0.15) is 18.1 Å². The number of nitrogens with zero attached hydrogens (tertiary/aromatic N) is 1. The Hall–Kier alpha value is -3.60. The van der Waals surface area contributed by atoms with Gasteiger partial charge in [0.25, 0.3) is 5.91 Å². The van der Waals surface area contributed by atoms with Crippen LogP contribution >= 0.6 is 0 Å². The lowest BCUT2D eigenvalue weighted by molar-refractivity contribution is 0.0955. The summed E-state index contributed by atoms with van der Waals surface area (Å²) < 4.78 is 5.77. The smallest absolute Gasteiger partial charge is 0.271 e. The van der Waals surface area contributed by atoms with Crippen molar-refractivity contribution < 1.29 is 14.6 Å². The van der Waals surface area contributed by atoms with Gasteiger partial charge in [0, 0.05) is 5.56 Å². The monoisotopic (exact) mass is 346 g/mol. The zero-order valence-electron chi connectivity index (χ0n) is 14.0. The van der Waals surface area contributed by atoms with E-state index in [4.69, 9.17) is 4.74 Å². The first kappa shape index (κ1) is 17.2. The van der Waals surface area contributed by atoms with Crippen LogP contribution in [-0.2, 0) is 6.61 Å². The van der Waals surface area contributed by atoms with Crippen LogP contribution in [0.3, 0.4) is 0 Å². The van der Waals surface area contributed by atoms with Crippen LogP contribution in [0.4, 0.5) is 0 Å². The van der Waals surface area contributed by atoms with Crippen LogP contribution in [0.2, 0.25) is 0 Å². The van der Waals surface area contributed by atoms with Gasteiger partial charge >= 0.3 is 0 Å². The summed E-state index contributed by atoms with van der Waals surface area (Å²) in [5.41, 5.74) is 4.77. The van der Waals surface area contributed by atoms with Gasteiger partial charge < -0.3 is 9.84 Å². The molecule has 0 saturated carbocycles. The molecule has 0 unspecified atom stereocenters. The van der Waals surface area contributed by atoms with E-state index in [9.17, 15) is 9.90 Å². The number of hydrogen-bond donors (Lipinski definition) is 2. The summed E-state index contributed by atoms with van der Waals surface area (Å²) in [6, 6.07) is 23.3. The number of amides is 1. The lowest BCUT2D eigenvalue weighted by Gasteiger charge is -2.06. The van der Waals surface area contributed by atoms with E-state index in [1.165, 1.54) is 24.3 Å². The van der Waals surface area contributed by atoms with E-state index < -0.39 is 0 Å². The number of benzene rings is 3. The summed E-state index contributed by atoms with van der Waals surface area (Å²) >= 11 is 0. The summed E-state index contributed by atoms with van der Waals surface area (Å²) in [6.45, 7) is 0.485. The number of rotatable bonds is 6. The Morgan fingerprint density at radius 3 is 2.54 bits per heavy atom. The first-order valence-electron chi connectivity index (χ1n) is 8.10. The van der Waals surface area contributed by atoms with Crippen molar-refractivity contribution in [2.45, 2.75) is 6.61 Å². The molecule has 5 nitrogen and oxygen atoms in total. The molecule has 1 amide bonds. The molecule has 0 aliphatic rings. The average Bonchev–Trinajstić information content (AvgIpc) is 2.68. The van der Waals surface area contributed by atoms with Crippen molar-refractivity contribution >= 4 is 12.1 Å². The number of phenolic OH excluding ortho intramolecular Hbond substituents is 1. The second-order valence-electron chi connectivity index (χ2n) is 5.59. The maximum Gasteiger partial charge on any atom is 0.271 e. The zero-order valence-corrected chi connectivity index (χ0v) is 14.0. The van der Waals surface area contributed by atoms with E-state index in [1.807, 2.05) is 54.6 Å². The number of phenols is 1. The molecule has 0 aliphatic carbocycles. The quantitative estimate of drug-likeness (QED) is 0.528. The summed E-state index contributed by atoms with van der Waals surface area (Å²) in [6.07, 6.45) is 1.55. The molecule has 0 fully saturated rings. The Bertz CT molecular complexity index is 891. The molecule has 26 heavy (non-hydrogen) atoms. The van der Waals surface area contributed by atoms with Gasteiger partial charge in [-0.2, -0.15) is 5.10 Å². The van der Waals surface area contributed by atoms with Crippen LogP contribution in [0.5, 0.6) is 11.5 Å². The largest absolute Gasteiger partial charge is 0.508 e. The maximum absolute atomic E-state index is 11.9. The third kappa shape index (κ3) is 4.95. The van der Waals surface area contributed by atoms with Crippen molar-refractivity contribution in [2.24, 2.45) is 5.10 Å². The molecule has 3 aromatic carbocycles. The minimum atomic E-state index is -0.349. The Kier molecular flexibility index (Phi) is 5.62. The third-order valence-corrected chi connectivity index (χ3v) is 3.62. The van der Waals surface area contributed by atoms with Gasteiger partial charge in [-0.3, -0.25) is 4.79 Å². The maximum atomic E-state index is 11.9. The molecule has 0 bridgehead atoms. The highest BCUT2D eigenvalue weighted by molar-refractivity contribution is 5.95. The van der Waals surface area contributed by atoms with E-state index in [0.29, 0.717) is 12.2 Å². The number of carbonyl (C=O) groups excluding carboxylic acids is 1. The minimum Gasteiger partial charge on any atom is -0.508 e. The molecule has 5 heteroatoms. The van der Waals surface area contributed by atoms with Crippen molar-refractivity contribution in [3.8, 4) is 11.5 Å². The minimum absolute atomic E-state index is 0.109.